The molecule has 1 fully saturated rings. The molecule has 0 radical (unpaired) electrons. The number of amides is 3. The fraction of sp³-hybridized carbons (Fsp3) is 0.769. The van der Waals surface area contributed by atoms with Gasteiger partial charge >= 0.3 is 12.0 Å². The number of carboxylic acids is 1. The number of carboxylic acid groups (broad SMARTS) is 1. The molecule has 0 aromatic rings. The zero-order chi connectivity index (χ0) is 15.1. The first kappa shape index (κ1) is 16.3. The topological polar surface area (TPSA) is 90.0 Å². The van der Waals surface area contributed by atoms with Crippen LogP contribution in [0.4, 0.5) is 4.79 Å². The molecule has 1 aliphatic heterocycles. The molecule has 1 unspecified atom stereocenters. The molecule has 7 heteroatoms. The molecule has 1 saturated heterocycles. The van der Waals surface area contributed by atoms with Gasteiger partial charge in [-0.1, -0.05) is 6.92 Å². The minimum absolute atomic E-state index is 0.0301. The third kappa shape index (κ3) is 5.07. The Kier molecular flexibility index (Phi) is 6.27. The van der Waals surface area contributed by atoms with E-state index in [1.807, 2.05) is 0 Å². The summed E-state index contributed by atoms with van der Waals surface area (Å²) in [5, 5.41) is 11.5. The zero-order valence-corrected chi connectivity index (χ0v) is 12.1. The molecular weight excluding hydrogens is 262 g/mol. The van der Waals surface area contributed by atoms with E-state index in [1.54, 1.807) is 16.7 Å². The second kappa shape index (κ2) is 7.72. The van der Waals surface area contributed by atoms with E-state index >= 15 is 0 Å². The number of rotatable bonds is 4. The maximum Gasteiger partial charge on any atom is 0.317 e. The number of urea groups is 1. The zero-order valence-electron chi connectivity index (χ0n) is 12.1. The van der Waals surface area contributed by atoms with Gasteiger partial charge in [0.2, 0.25) is 5.91 Å². The van der Waals surface area contributed by atoms with Gasteiger partial charge in [-0.3, -0.25) is 9.59 Å². The largest absolute Gasteiger partial charge is 0.481 e. The predicted octanol–water partition coefficient (Wildman–Crippen LogP) is 0.361. The summed E-state index contributed by atoms with van der Waals surface area (Å²) in [6.07, 6.45) is 1.17. The molecule has 0 bridgehead atoms. The van der Waals surface area contributed by atoms with Gasteiger partial charge in [0.05, 0.1) is 5.92 Å². The van der Waals surface area contributed by atoms with Crippen LogP contribution in [0.3, 0.4) is 0 Å². The molecule has 0 aromatic carbocycles. The van der Waals surface area contributed by atoms with Crippen LogP contribution in [0.1, 0.15) is 26.7 Å². The Morgan fingerprint density at radius 1 is 1.15 bits per heavy atom. The summed E-state index contributed by atoms with van der Waals surface area (Å²) in [7, 11) is 0. The van der Waals surface area contributed by atoms with E-state index in [1.165, 1.54) is 6.92 Å². The average molecular weight is 285 g/mol. The van der Waals surface area contributed by atoms with E-state index < -0.39 is 11.9 Å². The molecule has 0 aliphatic carbocycles. The number of hydrogen-bond donors (Lipinski definition) is 2. The summed E-state index contributed by atoms with van der Waals surface area (Å²) in [4.78, 5) is 37.3. The van der Waals surface area contributed by atoms with Gasteiger partial charge in [0.1, 0.15) is 0 Å². The van der Waals surface area contributed by atoms with Crippen molar-refractivity contribution in [1.29, 1.82) is 0 Å². The van der Waals surface area contributed by atoms with Gasteiger partial charge in [0, 0.05) is 39.6 Å². The highest BCUT2D eigenvalue weighted by molar-refractivity contribution is 5.75. The maximum absolute atomic E-state index is 11.9. The Hall–Kier alpha value is -1.79. The van der Waals surface area contributed by atoms with Crippen LogP contribution < -0.4 is 5.32 Å². The number of carbonyl (C=O) groups excluding carboxylic acids is 2. The Labute approximate surface area is 118 Å². The van der Waals surface area contributed by atoms with Gasteiger partial charge in [0.15, 0.2) is 0 Å². The standard InChI is InChI=1S/C13H23N3O4/c1-10(12(18)19)4-5-14-13(20)16-7-3-6-15(8-9-16)11(2)17/h10H,3-9H2,1-2H3,(H,14,20)(H,18,19). The predicted molar refractivity (Wildman–Crippen MR) is 73.3 cm³/mol. The fourth-order valence-electron chi connectivity index (χ4n) is 2.07. The maximum atomic E-state index is 11.9. The van der Waals surface area contributed by atoms with Gasteiger partial charge in [-0.05, 0) is 12.8 Å². The second-order valence-corrected chi connectivity index (χ2v) is 5.11. The summed E-state index contributed by atoms with van der Waals surface area (Å²) in [5.74, 6) is -1.29. The molecule has 1 rings (SSSR count). The first-order valence-electron chi connectivity index (χ1n) is 6.93. The SMILES string of the molecule is CC(=O)N1CCCN(C(=O)NCCC(C)C(=O)O)CC1. The number of hydrogen-bond acceptors (Lipinski definition) is 3. The highest BCUT2D eigenvalue weighted by atomic mass is 16.4. The first-order valence-corrected chi connectivity index (χ1v) is 6.93. The quantitative estimate of drug-likeness (QED) is 0.780. The normalized spacial score (nSPS) is 17.3. The first-order chi connectivity index (χ1) is 9.41. The molecule has 0 spiro atoms. The molecule has 1 heterocycles. The summed E-state index contributed by atoms with van der Waals surface area (Å²) in [6.45, 7) is 5.85. The van der Waals surface area contributed by atoms with Crippen LogP contribution in [0.5, 0.6) is 0 Å². The van der Waals surface area contributed by atoms with Crippen molar-refractivity contribution in [3.63, 3.8) is 0 Å². The molecule has 20 heavy (non-hydrogen) atoms. The molecule has 2 N–H and O–H groups in total. The highest BCUT2D eigenvalue weighted by Crippen LogP contribution is 2.04. The third-order valence-corrected chi connectivity index (χ3v) is 3.50. The smallest absolute Gasteiger partial charge is 0.317 e. The lowest BCUT2D eigenvalue weighted by molar-refractivity contribution is -0.141. The highest BCUT2D eigenvalue weighted by Gasteiger charge is 2.20. The molecule has 114 valence electrons. The molecule has 0 saturated carbocycles. The Morgan fingerprint density at radius 2 is 1.75 bits per heavy atom. The van der Waals surface area contributed by atoms with E-state index in [0.717, 1.165) is 6.42 Å². The summed E-state index contributed by atoms with van der Waals surface area (Å²) < 4.78 is 0. The van der Waals surface area contributed by atoms with Crippen molar-refractivity contribution in [2.24, 2.45) is 5.92 Å². The average Bonchev–Trinajstić information content (AvgIpc) is 2.63. The van der Waals surface area contributed by atoms with E-state index in [9.17, 15) is 14.4 Å². The number of carbonyl (C=O) groups is 3. The molecule has 0 aromatic heterocycles. The molecule has 1 atom stereocenters. The van der Waals surface area contributed by atoms with Crippen LogP contribution in [-0.4, -0.2) is 65.5 Å². The lowest BCUT2D eigenvalue weighted by Gasteiger charge is -2.22. The van der Waals surface area contributed by atoms with Gasteiger partial charge < -0.3 is 20.2 Å². The van der Waals surface area contributed by atoms with Crippen molar-refractivity contribution in [1.82, 2.24) is 15.1 Å². The summed E-state index contributed by atoms with van der Waals surface area (Å²) in [5.41, 5.74) is 0. The van der Waals surface area contributed by atoms with Crippen molar-refractivity contribution in [2.45, 2.75) is 26.7 Å². The lowest BCUT2D eigenvalue weighted by Crippen LogP contribution is -2.43. The monoisotopic (exact) mass is 285 g/mol. The van der Waals surface area contributed by atoms with Gasteiger partial charge in [0.25, 0.3) is 0 Å². The van der Waals surface area contributed by atoms with Gasteiger partial charge in [-0.25, -0.2) is 4.79 Å². The Morgan fingerprint density at radius 3 is 2.35 bits per heavy atom. The van der Waals surface area contributed by atoms with Crippen LogP contribution in [0.25, 0.3) is 0 Å². The number of nitrogens with zero attached hydrogens (tertiary/aromatic N) is 2. The van der Waals surface area contributed by atoms with Crippen molar-refractivity contribution >= 4 is 17.9 Å². The van der Waals surface area contributed by atoms with Crippen molar-refractivity contribution in [2.75, 3.05) is 32.7 Å². The van der Waals surface area contributed by atoms with E-state index in [2.05, 4.69) is 5.32 Å². The van der Waals surface area contributed by atoms with Crippen LogP contribution in [-0.2, 0) is 9.59 Å². The van der Waals surface area contributed by atoms with Crippen molar-refractivity contribution < 1.29 is 19.5 Å². The van der Waals surface area contributed by atoms with E-state index in [-0.39, 0.29) is 11.9 Å². The Bertz CT molecular complexity index is 373. The third-order valence-electron chi connectivity index (χ3n) is 3.50. The van der Waals surface area contributed by atoms with Crippen LogP contribution in [0.2, 0.25) is 0 Å². The van der Waals surface area contributed by atoms with Crippen LogP contribution in [0, 0.1) is 5.92 Å². The minimum atomic E-state index is -0.855. The number of nitrogens with one attached hydrogen (secondary N) is 1. The fourth-order valence-corrected chi connectivity index (χ4v) is 2.07. The molecular formula is C13H23N3O4. The second-order valence-electron chi connectivity index (χ2n) is 5.11. The summed E-state index contributed by atoms with van der Waals surface area (Å²) in [6, 6.07) is -0.187. The van der Waals surface area contributed by atoms with Gasteiger partial charge in [-0.15, -0.1) is 0 Å². The number of aliphatic carboxylic acids is 1. The molecule has 3 amide bonds. The van der Waals surface area contributed by atoms with E-state index in [4.69, 9.17) is 5.11 Å². The molecule has 7 nitrogen and oxygen atoms in total. The van der Waals surface area contributed by atoms with Gasteiger partial charge in [-0.2, -0.15) is 0 Å². The Balaban J connectivity index is 2.33. The van der Waals surface area contributed by atoms with Crippen LogP contribution in [0.15, 0.2) is 0 Å². The van der Waals surface area contributed by atoms with E-state index in [0.29, 0.717) is 39.1 Å². The van der Waals surface area contributed by atoms with Crippen molar-refractivity contribution in [3.8, 4) is 0 Å². The lowest BCUT2D eigenvalue weighted by atomic mass is 10.1. The van der Waals surface area contributed by atoms with Crippen molar-refractivity contribution in [3.05, 3.63) is 0 Å². The molecule has 1 aliphatic rings. The summed E-state index contributed by atoms with van der Waals surface area (Å²) >= 11 is 0. The minimum Gasteiger partial charge on any atom is -0.481 e. The van der Waals surface area contributed by atoms with Crippen LogP contribution >= 0.6 is 0 Å².